The smallest absolute Gasteiger partial charge is 0.416 e. The van der Waals surface area contributed by atoms with E-state index in [-0.39, 0.29) is 30.8 Å². The summed E-state index contributed by atoms with van der Waals surface area (Å²) in [7, 11) is -4.51. The molecule has 1 aliphatic rings. The number of hydrogen-bond donors (Lipinski definition) is 1. The maximum atomic E-state index is 13.6. The highest BCUT2D eigenvalue weighted by molar-refractivity contribution is 7.92. The van der Waals surface area contributed by atoms with E-state index in [4.69, 9.17) is 44.6 Å². The van der Waals surface area contributed by atoms with E-state index in [9.17, 15) is 26.4 Å². The molecule has 0 saturated carbocycles. The molecule has 1 aliphatic heterocycles. The van der Waals surface area contributed by atoms with Gasteiger partial charge in [0.1, 0.15) is 11.9 Å². The molecule has 3 aromatic rings. The van der Waals surface area contributed by atoms with Crippen molar-refractivity contribution in [3.8, 4) is 5.75 Å². The highest BCUT2D eigenvalue weighted by atomic mass is 35.5. The van der Waals surface area contributed by atoms with Crippen molar-refractivity contribution in [1.29, 1.82) is 0 Å². The SMILES string of the molecule is O=C(O)CCC1CN(S(=O)(=O)c2cccc(C(F)(F)F)c2)c2cc(C=Cc3c(Cl)cc(Cl)cc3Cl)ccc2O1. The molecule has 13 heteroatoms. The molecule has 0 spiro atoms. The summed E-state index contributed by atoms with van der Waals surface area (Å²) in [5.41, 5.74) is -0.0612. The zero-order valence-corrected chi connectivity index (χ0v) is 22.8. The van der Waals surface area contributed by atoms with Crippen molar-refractivity contribution in [2.24, 2.45) is 0 Å². The number of carbonyl (C=O) groups is 1. The lowest BCUT2D eigenvalue weighted by Gasteiger charge is -2.35. The summed E-state index contributed by atoms with van der Waals surface area (Å²) in [5, 5.41) is 10.00. The number of halogens is 6. The molecule has 1 N–H and O–H groups in total. The Labute approximate surface area is 237 Å². The second kappa shape index (κ2) is 11.3. The maximum Gasteiger partial charge on any atom is 0.416 e. The molecule has 1 unspecified atom stereocenters. The first kappa shape index (κ1) is 29.1. The molecule has 1 atom stereocenters. The van der Waals surface area contributed by atoms with Crippen LogP contribution in [0.5, 0.6) is 5.75 Å². The summed E-state index contributed by atoms with van der Waals surface area (Å²) < 4.78 is 74.0. The van der Waals surface area contributed by atoms with Crippen LogP contribution in [0.1, 0.15) is 29.5 Å². The van der Waals surface area contributed by atoms with Crippen LogP contribution in [0.4, 0.5) is 18.9 Å². The first-order chi connectivity index (χ1) is 18.3. The molecule has 0 fully saturated rings. The topological polar surface area (TPSA) is 83.9 Å². The van der Waals surface area contributed by atoms with Gasteiger partial charge in [-0.15, -0.1) is 0 Å². The molecular formula is C26H19Cl3F3NO5S. The Hall–Kier alpha value is -2.92. The lowest BCUT2D eigenvalue weighted by Crippen LogP contribution is -2.43. The minimum absolute atomic E-state index is 0.0153. The van der Waals surface area contributed by atoms with Gasteiger partial charge in [0.15, 0.2) is 0 Å². The van der Waals surface area contributed by atoms with E-state index in [1.54, 1.807) is 18.2 Å². The summed E-state index contributed by atoms with van der Waals surface area (Å²) in [6.07, 6.45) is -2.68. The summed E-state index contributed by atoms with van der Waals surface area (Å²) >= 11 is 18.4. The Morgan fingerprint density at radius 1 is 1.05 bits per heavy atom. The fourth-order valence-electron chi connectivity index (χ4n) is 3.95. The molecule has 206 valence electrons. The zero-order chi connectivity index (χ0) is 28.5. The van der Waals surface area contributed by atoms with Crippen LogP contribution in [-0.4, -0.2) is 32.1 Å². The van der Waals surface area contributed by atoms with Gasteiger partial charge in [-0.2, -0.15) is 13.2 Å². The van der Waals surface area contributed by atoms with Gasteiger partial charge in [-0.3, -0.25) is 9.10 Å². The number of nitrogens with zero attached hydrogens (tertiary/aromatic N) is 1. The predicted octanol–water partition coefficient (Wildman–Crippen LogP) is 7.66. The number of fused-ring (bicyclic) bond motifs is 1. The number of hydrogen-bond acceptors (Lipinski definition) is 4. The van der Waals surface area contributed by atoms with Gasteiger partial charge in [0.2, 0.25) is 0 Å². The molecule has 0 bridgehead atoms. The monoisotopic (exact) mass is 619 g/mol. The first-order valence-electron chi connectivity index (χ1n) is 11.3. The number of ether oxygens (including phenoxy) is 1. The van der Waals surface area contributed by atoms with Crippen LogP contribution in [0.15, 0.2) is 59.5 Å². The van der Waals surface area contributed by atoms with E-state index in [1.807, 2.05) is 0 Å². The van der Waals surface area contributed by atoms with Gasteiger partial charge in [0.25, 0.3) is 10.0 Å². The molecule has 4 rings (SSSR count). The Balaban J connectivity index is 1.76. The second-order valence-corrected chi connectivity index (χ2v) is 11.7. The first-order valence-corrected chi connectivity index (χ1v) is 13.9. The van der Waals surface area contributed by atoms with Crippen LogP contribution in [0.25, 0.3) is 12.2 Å². The molecule has 0 aliphatic carbocycles. The lowest BCUT2D eigenvalue weighted by molar-refractivity contribution is -0.138. The third-order valence-corrected chi connectivity index (χ3v) is 8.45. The number of carboxylic acids is 1. The number of carboxylic acid groups (broad SMARTS) is 1. The van der Waals surface area contributed by atoms with Crippen LogP contribution in [0, 0.1) is 0 Å². The lowest BCUT2D eigenvalue weighted by atomic mass is 10.1. The molecule has 3 aromatic carbocycles. The quantitative estimate of drug-likeness (QED) is 0.274. The number of benzene rings is 3. The molecule has 1 heterocycles. The van der Waals surface area contributed by atoms with E-state index in [0.717, 1.165) is 22.5 Å². The van der Waals surface area contributed by atoms with Crippen molar-refractivity contribution >= 4 is 68.6 Å². The van der Waals surface area contributed by atoms with Crippen LogP contribution in [0.3, 0.4) is 0 Å². The van der Waals surface area contributed by atoms with Gasteiger partial charge in [-0.05, 0) is 54.4 Å². The average Bonchev–Trinajstić information content (AvgIpc) is 2.85. The van der Waals surface area contributed by atoms with Gasteiger partial charge in [0.05, 0.1) is 32.7 Å². The number of anilines is 1. The molecule has 6 nitrogen and oxygen atoms in total. The van der Waals surface area contributed by atoms with E-state index in [1.165, 1.54) is 24.3 Å². The summed E-state index contributed by atoms with van der Waals surface area (Å²) in [6, 6.07) is 11.1. The number of aliphatic carboxylic acids is 1. The molecule has 0 saturated heterocycles. The summed E-state index contributed by atoms with van der Waals surface area (Å²) in [5.74, 6) is -0.969. The van der Waals surface area contributed by atoms with E-state index >= 15 is 0 Å². The van der Waals surface area contributed by atoms with Crippen molar-refractivity contribution in [3.05, 3.63) is 86.4 Å². The molecular weight excluding hydrogens is 602 g/mol. The van der Waals surface area contributed by atoms with Gasteiger partial charge in [0, 0.05) is 17.0 Å². The molecule has 0 aromatic heterocycles. The van der Waals surface area contributed by atoms with Crippen LogP contribution in [-0.2, 0) is 21.0 Å². The zero-order valence-electron chi connectivity index (χ0n) is 19.8. The normalized spacial score (nSPS) is 15.7. The number of alkyl halides is 3. The predicted molar refractivity (Wildman–Crippen MR) is 144 cm³/mol. The van der Waals surface area contributed by atoms with Crippen LogP contribution >= 0.6 is 34.8 Å². The summed E-state index contributed by atoms with van der Waals surface area (Å²) in [6.45, 7) is -0.305. The van der Waals surface area contributed by atoms with Crippen LogP contribution < -0.4 is 9.04 Å². The Bertz CT molecular complexity index is 1540. The fourth-order valence-corrected chi connectivity index (χ4v) is 6.44. The average molecular weight is 621 g/mol. The van der Waals surface area contributed by atoms with Crippen molar-refractivity contribution < 1.29 is 36.2 Å². The highest BCUT2D eigenvalue weighted by Crippen LogP contribution is 2.40. The molecule has 0 radical (unpaired) electrons. The number of sulfonamides is 1. The highest BCUT2D eigenvalue weighted by Gasteiger charge is 2.37. The largest absolute Gasteiger partial charge is 0.486 e. The third kappa shape index (κ3) is 6.63. The van der Waals surface area contributed by atoms with Crippen molar-refractivity contribution in [1.82, 2.24) is 0 Å². The third-order valence-electron chi connectivity index (χ3n) is 5.83. The van der Waals surface area contributed by atoms with Crippen molar-refractivity contribution in [2.75, 3.05) is 10.8 Å². The van der Waals surface area contributed by atoms with Crippen LogP contribution in [0.2, 0.25) is 15.1 Å². The van der Waals surface area contributed by atoms with E-state index < -0.39 is 38.7 Å². The minimum Gasteiger partial charge on any atom is -0.486 e. The van der Waals surface area contributed by atoms with E-state index in [2.05, 4.69) is 0 Å². The Kier molecular flexibility index (Phi) is 8.41. The van der Waals surface area contributed by atoms with Gasteiger partial charge < -0.3 is 9.84 Å². The van der Waals surface area contributed by atoms with Crippen molar-refractivity contribution in [3.63, 3.8) is 0 Å². The fraction of sp³-hybridized carbons (Fsp3) is 0.192. The van der Waals surface area contributed by atoms with Gasteiger partial charge in [-0.1, -0.05) is 59.1 Å². The maximum absolute atomic E-state index is 13.6. The molecule has 39 heavy (non-hydrogen) atoms. The molecule has 0 amide bonds. The van der Waals surface area contributed by atoms with E-state index in [0.29, 0.717) is 32.3 Å². The van der Waals surface area contributed by atoms with Crippen molar-refractivity contribution in [2.45, 2.75) is 30.0 Å². The summed E-state index contributed by atoms with van der Waals surface area (Å²) in [4.78, 5) is 10.5. The second-order valence-electron chi connectivity index (χ2n) is 8.58. The van der Waals surface area contributed by atoms with Gasteiger partial charge in [-0.25, -0.2) is 8.42 Å². The standard InChI is InChI=1S/C26H19Cl3F3NO5S/c27-17-12-21(28)20(22(29)13-17)7-4-15-5-8-24-23(10-15)33(14-18(38-24)6-9-25(34)35)39(36,37)19-3-1-2-16(11-19)26(30,31)32/h1-5,7-8,10-13,18H,6,9,14H2,(H,34,35). The Morgan fingerprint density at radius 3 is 2.38 bits per heavy atom. The van der Waals surface area contributed by atoms with Gasteiger partial charge >= 0.3 is 12.1 Å². The Morgan fingerprint density at radius 2 is 1.74 bits per heavy atom. The number of rotatable bonds is 7. The minimum atomic E-state index is -4.75.